The fourth-order valence-electron chi connectivity index (χ4n) is 8.29. The predicted octanol–water partition coefficient (Wildman–Crippen LogP) is 6.92. The molecule has 0 aliphatic carbocycles. The van der Waals surface area contributed by atoms with Crippen molar-refractivity contribution in [2.45, 2.75) is 173 Å². The second-order valence-electron chi connectivity index (χ2n) is 17.8. The van der Waals surface area contributed by atoms with Crippen LogP contribution in [0.4, 0.5) is 0 Å². The van der Waals surface area contributed by atoms with Gasteiger partial charge in [-0.1, -0.05) is 103 Å². The maximum absolute atomic E-state index is 14.0. The largest absolute Gasteiger partial charge is 0.507 e. The van der Waals surface area contributed by atoms with Gasteiger partial charge in [-0.3, -0.25) is 28.8 Å². The number of carbonyl (C=O) groups is 7. The van der Waals surface area contributed by atoms with Crippen LogP contribution in [0.1, 0.15) is 160 Å². The molecule has 15 nitrogen and oxygen atoms in total. The van der Waals surface area contributed by atoms with Crippen LogP contribution in [0.3, 0.4) is 0 Å². The van der Waals surface area contributed by atoms with Crippen molar-refractivity contribution in [1.29, 1.82) is 0 Å². The Hall–Kier alpha value is -5.31. The molecule has 2 aromatic rings. The van der Waals surface area contributed by atoms with Crippen molar-refractivity contribution in [3.63, 3.8) is 0 Å². The lowest BCUT2D eigenvalue weighted by molar-refractivity contribution is -0.143. The smallest absolute Gasteiger partial charge is 0.326 e. The van der Waals surface area contributed by atoms with Gasteiger partial charge in [0.2, 0.25) is 23.6 Å². The van der Waals surface area contributed by atoms with Crippen LogP contribution < -0.4 is 10.6 Å². The number of carboxylic acids is 1. The summed E-state index contributed by atoms with van der Waals surface area (Å²) in [6.45, 7) is 4.87. The number of carbonyl (C=O) groups excluding carboxylic acids is 6. The van der Waals surface area contributed by atoms with Crippen molar-refractivity contribution < 1.29 is 54.0 Å². The predicted molar refractivity (Wildman–Crippen MR) is 248 cm³/mol. The number of benzene rings is 2. The molecule has 0 aromatic heterocycles. The van der Waals surface area contributed by atoms with E-state index in [1.807, 2.05) is 0 Å². The van der Waals surface area contributed by atoms with Gasteiger partial charge in [-0.05, 0) is 55.2 Å². The summed E-state index contributed by atoms with van der Waals surface area (Å²) >= 11 is 0. The topological polar surface area (TPSA) is 231 Å². The van der Waals surface area contributed by atoms with Crippen LogP contribution in [0.25, 0.3) is 11.1 Å². The molecule has 0 spiro atoms. The molecule has 5 atom stereocenters. The van der Waals surface area contributed by atoms with E-state index in [1.165, 1.54) is 120 Å². The Morgan fingerprint density at radius 1 is 0.754 bits per heavy atom. The third-order valence-corrected chi connectivity index (χ3v) is 12.6. The molecule has 1 heterocycles. The molecule has 1 aliphatic rings. The molecule has 360 valence electrons. The highest BCUT2D eigenvalue weighted by Crippen LogP contribution is 2.39. The highest BCUT2D eigenvalue weighted by molar-refractivity contribution is 5.96. The van der Waals surface area contributed by atoms with E-state index in [9.17, 15) is 54.0 Å². The fourth-order valence-corrected chi connectivity index (χ4v) is 8.29. The summed E-state index contributed by atoms with van der Waals surface area (Å²) < 4.78 is 0. The van der Waals surface area contributed by atoms with Crippen molar-refractivity contribution in [2.75, 3.05) is 20.7 Å². The molecule has 0 unspecified atom stereocenters. The van der Waals surface area contributed by atoms with Crippen molar-refractivity contribution in [2.24, 2.45) is 5.92 Å². The maximum atomic E-state index is 14.0. The number of likely N-dealkylation sites (N-methyl/N-ethyl adjacent to an activating group) is 2. The Morgan fingerprint density at radius 3 is 1.91 bits per heavy atom. The number of ketones is 2. The van der Waals surface area contributed by atoms with E-state index in [-0.39, 0.29) is 79.2 Å². The van der Waals surface area contributed by atoms with Crippen molar-refractivity contribution in [3.8, 4) is 22.6 Å². The van der Waals surface area contributed by atoms with Gasteiger partial charge in [0.05, 0.1) is 18.7 Å². The number of fused-ring (bicyclic) bond motifs is 5. The van der Waals surface area contributed by atoms with E-state index in [0.29, 0.717) is 12.0 Å². The van der Waals surface area contributed by atoms with E-state index in [4.69, 9.17) is 0 Å². The van der Waals surface area contributed by atoms with Gasteiger partial charge < -0.3 is 40.9 Å². The standard InChI is InChI=1S/C50H74N4O11/c1-6-7-8-9-10-11-12-13-14-15-16-17-18-19-46(61)53(4)37(32-55)22-26-45(60)51-34(3)41(56)25-27-47(62)54(5)48-36-21-24-43(58)39(31-36)38-29-35(20-23-42(38)57)30-40(50(64)65)52-49(63)33(2)28-44(48)59/h20-21,23-24,29,31,33-34,37,40,48,55,57-58H,6-19,22,25-28,30,32H2,1-5H3,(H,51,60)(H,52,63)(H,64,65)/t33-,34-,37-,40+,48+/m1/s1. The number of rotatable bonds is 26. The fraction of sp³-hybridized carbons (Fsp3) is 0.620. The molecule has 65 heavy (non-hydrogen) atoms. The lowest BCUT2D eigenvalue weighted by atomic mass is 9.89. The number of hydrogen-bond acceptors (Lipinski definition) is 10. The van der Waals surface area contributed by atoms with Crippen LogP contribution in [0.5, 0.6) is 11.5 Å². The van der Waals surface area contributed by atoms with Gasteiger partial charge in [-0.2, -0.15) is 0 Å². The highest BCUT2D eigenvalue weighted by Gasteiger charge is 2.34. The number of carboxylic acid groups (broad SMARTS) is 1. The monoisotopic (exact) mass is 907 g/mol. The van der Waals surface area contributed by atoms with Crippen LogP contribution in [-0.4, -0.2) is 110 Å². The molecule has 0 saturated heterocycles. The summed E-state index contributed by atoms with van der Waals surface area (Å²) in [5.41, 5.74) is 0.961. The molecule has 0 radical (unpaired) electrons. The quantitative estimate of drug-likeness (QED) is 0.0531. The molecule has 2 aromatic carbocycles. The molecule has 3 rings (SSSR count). The zero-order valence-electron chi connectivity index (χ0n) is 39.2. The molecule has 6 N–H and O–H groups in total. The lowest BCUT2D eigenvalue weighted by Crippen LogP contribution is -2.45. The van der Waals surface area contributed by atoms with Gasteiger partial charge in [0.15, 0.2) is 11.6 Å². The number of hydrogen-bond donors (Lipinski definition) is 6. The van der Waals surface area contributed by atoms with E-state index < -0.39 is 65.3 Å². The van der Waals surface area contributed by atoms with Gasteiger partial charge in [0.25, 0.3) is 0 Å². The number of aliphatic carboxylic acids is 1. The number of phenolic OH excluding ortho intramolecular Hbond substituents is 2. The second kappa shape index (κ2) is 27.9. The number of aromatic hydroxyl groups is 2. The minimum Gasteiger partial charge on any atom is -0.507 e. The maximum Gasteiger partial charge on any atom is 0.326 e. The number of aliphatic hydroxyl groups excluding tert-OH is 1. The Morgan fingerprint density at radius 2 is 1.32 bits per heavy atom. The van der Waals surface area contributed by atoms with Crippen LogP contribution in [0.2, 0.25) is 0 Å². The molecule has 0 fully saturated rings. The lowest BCUT2D eigenvalue weighted by Gasteiger charge is -2.29. The van der Waals surface area contributed by atoms with Gasteiger partial charge in [0.1, 0.15) is 23.6 Å². The number of amides is 4. The minimum absolute atomic E-state index is 0.0469. The zero-order valence-corrected chi connectivity index (χ0v) is 39.2. The first-order valence-electron chi connectivity index (χ1n) is 23.6. The second-order valence-corrected chi connectivity index (χ2v) is 17.8. The van der Waals surface area contributed by atoms with Crippen molar-refractivity contribution in [1.82, 2.24) is 20.4 Å². The number of nitrogens with zero attached hydrogens (tertiary/aromatic N) is 2. The highest BCUT2D eigenvalue weighted by atomic mass is 16.4. The Bertz CT molecular complexity index is 1920. The first kappa shape index (κ1) is 54.0. The molecule has 4 bridgehead atoms. The molecular formula is C50H74N4O11. The summed E-state index contributed by atoms with van der Waals surface area (Å²) in [6.07, 6.45) is 15.0. The number of unbranched alkanes of at least 4 members (excludes halogenated alkanes) is 12. The third-order valence-electron chi connectivity index (χ3n) is 12.6. The van der Waals surface area contributed by atoms with Gasteiger partial charge in [0, 0.05) is 69.7 Å². The Kier molecular flexibility index (Phi) is 23.2. The number of Topliss-reactive ketones (excluding diaryl/α,β-unsaturated/α-hetero) is 2. The zero-order chi connectivity index (χ0) is 48.1. The Labute approximate surface area is 384 Å². The van der Waals surface area contributed by atoms with E-state index in [0.717, 1.165) is 30.6 Å². The molecular weight excluding hydrogens is 833 g/mol. The van der Waals surface area contributed by atoms with Crippen LogP contribution in [-0.2, 0) is 40.0 Å². The van der Waals surface area contributed by atoms with Crippen molar-refractivity contribution >= 4 is 41.2 Å². The molecule has 0 saturated carbocycles. The third kappa shape index (κ3) is 17.5. The van der Waals surface area contributed by atoms with Gasteiger partial charge in [-0.25, -0.2) is 4.79 Å². The number of nitrogens with one attached hydrogen (secondary N) is 2. The van der Waals surface area contributed by atoms with Crippen LogP contribution in [0, 0.1) is 5.92 Å². The Balaban J connectivity index is 1.54. The summed E-state index contributed by atoms with van der Waals surface area (Å²) in [4.78, 5) is 94.6. The first-order chi connectivity index (χ1) is 31.0. The summed E-state index contributed by atoms with van der Waals surface area (Å²) in [5.74, 6) is -5.63. The van der Waals surface area contributed by atoms with E-state index in [2.05, 4.69) is 17.6 Å². The van der Waals surface area contributed by atoms with E-state index in [1.54, 1.807) is 7.05 Å². The molecule has 4 amide bonds. The number of phenols is 2. The van der Waals surface area contributed by atoms with Crippen LogP contribution >= 0.6 is 0 Å². The average molecular weight is 907 g/mol. The van der Waals surface area contributed by atoms with Gasteiger partial charge in [-0.15, -0.1) is 0 Å². The summed E-state index contributed by atoms with van der Waals surface area (Å²) in [5, 5.41) is 46.7. The minimum atomic E-state index is -1.36. The average Bonchev–Trinajstić information content (AvgIpc) is 3.27. The van der Waals surface area contributed by atoms with E-state index >= 15 is 0 Å². The SMILES string of the molecule is CCCCCCCCCCCCCCCC(=O)N(C)[C@@H](CO)CCC(=O)N[C@H](C)C(=O)CCC(=O)N(C)[C@@H]1C(=O)C[C@@H](C)C(=O)N[C@H](C(=O)O)Cc2ccc(O)c(c2)-c2cc1ccc2O. The van der Waals surface area contributed by atoms with Crippen LogP contribution in [0.15, 0.2) is 36.4 Å². The summed E-state index contributed by atoms with van der Waals surface area (Å²) in [6, 6.07) is 4.33. The normalized spacial score (nSPS) is 17.3. The number of aliphatic hydroxyl groups is 1. The first-order valence-corrected chi connectivity index (χ1v) is 23.6. The molecule has 15 heteroatoms. The van der Waals surface area contributed by atoms with Crippen molar-refractivity contribution in [3.05, 3.63) is 47.5 Å². The summed E-state index contributed by atoms with van der Waals surface area (Å²) in [7, 11) is 3.00. The molecule has 1 aliphatic heterocycles. The van der Waals surface area contributed by atoms with Gasteiger partial charge >= 0.3 is 5.97 Å².